The van der Waals surface area contributed by atoms with Gasteiger partial charge < -0.3 is 0 Å². The fourth-order valence-corrected chi connectivity index (χ4v) is 3.14. The van der Waals surface area contributed by atoms with Gasteiger partial charge in [-0.2, -0.15) is 23.5 Å². The van der Waals surface area contributed by atoms with Crippen LogP contribution in [-0.2, 0) is 13.2 Å². The summed E-state index contributed by atoms with van der Waals surface area (Å²) in [5, 5.41) is 13.2. The number of alkyl halides is 3. The number of pyridine rings is 1. The number of benzene rings is 1. The van der Waals surface area contributed by atoms with Crippen LogP contribution in [0.5, 0.6) is 0 Å². The number of hydrogen-bond donors (Lipinski definition) is 0. The Hall–Kier alpha value is -3.67. The summed E-state index contributed by atoms with van der Waals surface area (Å²) in [6, 6.07) is 10.0. The Labute approximate surface area is 156 Å². The molecular weight excluding hydrogens is 374 g/mol. The molecule has 0 spiro atoms. The van der Waals surface area contributed by atoms with Crippen molar-refractivity contribution in [1.29, 1.82) is 5.26 Å². The van der Waals surface area contributed by atoms with Crippen molar-refractivity contribution >= 4 is 5.65 Å². The van der Waals surface area contributed by atoms with Gasteiger partial charge in [-0.05, 0) is 36.4 Å². The summed E-state index contributed by atoms with van der Waals surface area (Å²) in [4.78, 5) is 4.05. The number of hydrogen-bond acceptors (Lipinski definition) is 3. The van der Waals surface area contributed by atoms with Crippen molar-refractivity contribution in [3.05, 3.63) is 66.0 Å². The lowest BCUT2D eigenvalue weighted by atomic mass is 9.99. The summed E-state index contributed by atoms with van der Waals surface area (Å²) in [7, 11) is 1.20. The average molecular weight is 385 g/mol. The number of nitrogens with zero attached hydrogens (tertiary/aromatic N) is 5. The molecule has 0 radical (unpaired) electrons. The molecule has 0 unspecified atom stereocenters. The molecule has 0 fully saturated rings. The van der Waals surface area contributed by atoms with Crippen molar-refractivity contribution < 1.29 is 17.6 Å². The van der Waals surface area contributed by atoms with Gasteiger partial charge in [-0.1, -0.05) is 0 Å². The number of imidazole rings is 1. The highest BCUT2D eigenvalue weighted by Gasteiger charge is 2.40. The van der Waals surface area contributed by atoms with Crippen molar-refractivity contribution in [2.45, 2.75) is 6.18 Å². The van der Waals surface area contributed by atoms with E-state index in [1.165, 1.54) is 48.1 Å². The Balaban J connectivity index is 2.04. The van der Waals surface area contributed by atoms with Crippen LogP contribution in [0.4, 0.5) is 17.6 Å². The quantitative estimate of drug-likeness (QED) is 0.480. The second-order valence-electron chi connectivity index (χ2n) is 6.10. The van der Waals surface area contributed by atoms with Gasteiger partial charge in [0.15, 0.2) is 5.69 Å². The minimum Gasteiger partial charge on any atom is -0.291 e. The monoisotopic (exact) mass is 385 g/mol. The molecule has 0 atom stereocenters. The standard InChI is InChI=1S/C19H11F4N5/c1-27-18(19(21,22)23)16(17(26-27)11-2-5-13(20)6-3-11)12-4-7-15-25-9-14(8-24)28(15)10-12/h2-7,9-10H,1H3. The molecule has 3 aromatic heterocycles. The SMILES string of the molecule is Cn1nc(-c2ccc(F)cc2)c(-c2ccc3ncc(C#N)n3c2)c1C(F)(F)F. The number of aryl methyl sites for hydroxylation is 1. The summed E-state index contributed by atoms with van der Waals surface area (Å²) < 4.78 is 56.8. The molecule has 9 heteroatoms. The van der Waals surface area contributed by atoms with E-state index in [-0.39, 0.29) is 22.5 Å². The van der Waals surface area contributed by atoms with E-state index in [1.807, 2.05) is 6.07 Å². The lowest BCUT2D eigenvalue weighted by Gasteiger charge is -2.11. The first-order chi connectivity index (χ1) is 13.3. The molecule has 4 aromatic rings. The molecule has 5 nitrogen and oxygen atoms in total. The van der Waals surface area contributed by atoms with Crippen LogP contribution in [0, 0.1) is 17.1 Å². The number of halogens is 4. The van der Waals surface area contributed by atoms with Gasteiger partial charge in [0.05, 0.1) is 6.20 Å². The maximum Gasteiger partial charge on any atom is 0.433 e. The Kier molecular flexibility index (Phi) is 3.92. The van der Waals surface area contributed by atoms with Crippen LogP contribution in [0.15, 0.2) is 48.8 Å². The Morgan fingerprint density at radius 2 is 1.71 bits per heavy atom. The minimum absolute atomic E-state index is 0.0628. The highest BCUT2D eigenvalue weighted by Crippen LogP contribution is 2.42. The third kappa shape index (κ3) is 2.79. The van der Waals surface area contributed by atoms with Crippen LogP contribution in [0.2, 0.25) is 0 Å². The van der Waals surface area contributed by atoms with Crippen molar-refractivity contribution in [3.8, 4) is 28.5 Å². The van der Waals surface area contributed by atoms with E-state index in [4.69, 9.17) is 0 Å². The Morgan fingerprint density at radius 3 is 2.36 bits per heavy atom. The number of nitriles is 1. The molecule has 140 valence electrons. The highest BCUT2D eigenvalue weighted by molar-refractivity contribution is 5.83. The van der Waals surface area contributed by atoms with Gasteiger partial charge in [-0.25, -0.2) is 9.37 Å². The first-order valence-electron chi connectivity index (χ1n) is 8.07. The molecule has 0 bridgehead atoms. The molecule has 28 heavy (non-hydrogen) atoms. The predicted molar refractivity (Wildman–Crippen MR) is 92.5 cm³/mol. The molecule has 0 aliphatic heterocycles. The van der Waals surface area contributed by atoms with Crippen LogP contribution >= 0.6 is 0 Å². The fraction of sp³-hybridized carbons (Fsp3) is 0.105. The van der Waals surface area contributed by atoms with Gasteiger partial charge in [0.1, 0.15) is 28.9 Å². The zero-order chi connectivity index (χ0) is 20.1. The molecule has 1 aromatic carbocycles. The van der Waals surface area contributed by atoms with E-state index in [0.29, 0.717) is 11.2 Å². The first kappa shape index (κ1) is 17.7. The van der Waals surface area contributed by atoms with E-state index in [2.05, 4.69) is 10.1 Å². The minimum atomic E-state index is -4.67. The van der Waals surface area contributed by atoms with Gasteiger partial charge in [0.25, 0.3) is 0 Å². The zero-order valence-electron chi connectivity index (χ0n) is 14.4. The molecule has 0 amide bonds. The van der Waals surface area contributed by atoms with Crippen LogP contribution < -0.4 is 0 Å². The van der Waals surface area contributed by atoms with E-state index < -0.39 is 17.7 Å². The molecular formula is C19H11F4N5. The fourth-order valence-electron chi connectivity index (χ4n) is 3.14. The smallest absolute Gasteiger partial charge is 0.291 e. The van der Waals surface area contributed by atoms with Gasteiger partial charge in [-0.15, -0.1) is 0 Å². The van der Waals surface area contributed by atoms with E-state index >= 15 is 0 Å². The molecule has 0 saturated heterocycles. The second-order valence-corrected chi connectivity index (χ2v) is 6.10. The molecule has 3 heterocycles. The molecule has 0 aliphatic carbocycles. The summed E-state index contributed by atoms with van der Waals surface area (Å²) >= 11 is 0. The van der Waals surface area contributed by atoms with Crippen molar-refractivity contribution in [2.24, 2.45) is 7.05 Å². The maximum absolute atomic E-state index is 13.8. The number of fused-ring (bicyclic) bond motifs is 1. The second kappa shape index (κ2) is 6.20. The molecule has 0 aliphatic rings. The number of rotatable bonds is 2. The lowest BCUT2D eigenvalue weighted by Crippen LogP contribution is -2.13. The zero-order valence-corrected chi connectivity index (χ0v) is 14.4. The Bertz CT molecular complexity index is 1230. The summed E-state index contributed by atoms with van der Waals surface area (Å²) in [5.74, 6) is -0.504. The van der Waals surface area contributed by atoms with E-state index in [1.54, 1.807) is 0 Å². The first-order valence-corrected chi connectivity index (χ1v) is 8.07. The van der Waals surface area contributed by atoms with E-state index in [0.717, 1.165) is 16.8 Å². The van der Waals surface area contributed by atoms with Crippen LogP contribution in [0.1, 0.15) is 11.4 Å². The predicted octanol–water partition coefficient (Wildman–Crippen LogP) is 4.43. The van der Waals surface area contributed by atoms with E-state index in [9.17, 15) is 22.8 Å². The van der Waals surface area contributed by atoms with Crippen molar-refractivity contribution in [2.75, 3.05) is 0 Å². The van der Waals surface area contributed by atoms with Gasteiger partial charge in [0, 0.05) is 29.9 Å². The normalized spacial score (nSPS) is 11.7. The third-order valence-corrected chi connectivity index (χ3v) is 4.34. The van der Waals surface area contributed by atoms with Gasteiger partial charge in [0.2, 0.25) is 0 Å². The molecule has 4 rings (SSSR count). The topological polar surface area (TPSA) is 58.9 Å². The largest absolute Gasteiger partial charge is 0.433 e. The lowest BCUT2D eigenvalue weighted by molar-refractivity contribution is -0.143. The van der Waals surface area contributed by atoms with Gasteiger partial charge >= 0.3 is 6.18 Å². The van der Waals surface area contributed by atoms with Crippen molar-refractivity contribution in [3.63, 3.8) is 0 Å². The molecule has 0 N–H and O–H groups in total. The number of aromatic nitrogens is 4. The summed E-state index contributed by atoms with van der Waals surface area (Å²) in [5.41, 5.74) is 0.146. The third-order valence-electron chi connectivity index (χ3n) is 4.34. The maximum atomic E-state index is 13.8. The van der Waals surface area contributed by atoms with Crippen molar-refractivity contribution in [1.82, 2.24) is 19.2 Å². The average Bonchev–Trinajstić information content (AvgIpc) is 3.22. The highest BCUT2D eigenvalue weighted by atomic mass is 19.4. The summed E-state index contributed by atoms with van der Waals surface area (Å²) in [6.07, 6.45) is -1.91. The Morgan fingerprint density at radius 1 is 1.04 bits per heavy atom. The summed E-state index contributed by atoms with van der Waals surface area (Å²) in [6.45, 7) is 0. The van der Waals surface area contributed by atoms with Crippen LogP contribution in [-0.4, -0.2) is 19.2 Å². The van der Waals surface area contributed by atoms with Gasteiger partial charge in [-0.3, -0.25) is 9.08 Å². The van der Waals surface area contributed by atoms with Crippen LogP contribution in [0.3, 0.4) is 0 Å². The molecule has 0 saturated carbocycles. The van der Waals surface area contributed by atoms with Crippen LogP contribution in [0.25, 0.3) is 28.0 Å².